The third-order valence-electron chi connectivity index (χ3n) is 2.97. The van der Waals surface area contributed by atoms with Crippen molar-refractivity contribution in [2.75, 3.05) is 0 Å². The highest BCUT2D eigenvalue weighted by Gasteiger charge is 2.19. The first kappa shape index (κ1) is 18.2. The van der Waals surface area contributed by atoms with E-state index in [9.17, 15) is 4.79 Å². The summed E-state index contributed by atoms with van der Waals surface area (Å²) in [5, 5.41) is 4.04. The normalized spacial score (nSPS) is 11.0. The van der Waals surface area contributed by atoms with Gasteiger partial charge in [-0.15, -0.1) is 5.10 Å². The van der Waals surface area contributed by atoms with Gasteiger partial charge in [0.05, 0.1) is 17.8 Å². The molecule has 2 rings (SSSR count). The van der Waals surface area contributed by atoms with Crippen LogP contribution in [0.15, 0.2) is 30.5 Å². The van der Waals surface area contributed by atoms with Gasteiger partial charge in [-0.25, -0.2) is 8.88 Å². The highest BCUT2D eigenvalue weighted by molar-refractivity contribution is 7.78. The van der Waals surface area contributed by atoms with Crippen molar-refractivity contribution in [3.63, 3.8) is 0 Å². The molecule has 0 radical (unpaired) electrons. The van der Waals surface area contributed by atoms with E-state index in [2.05, 4.69) is 17.9 Å². The molecule has 1 aromatic heterocycles. The van der Waals surface area contributed by atoms with Crippen LogP contribution in [0.1, 0.15) is 43.6 Å². The van der Waals surface area contributed by atoms with Gasteiger partial charge in [-0.2, -0.15) is 0 Å². The maximum atomic E-state index is 12.4. The van der Waals surface area contributed by atoms with Gasteiger partial charge in [0.2, 0.25) is 5.88 Å². The maximum Gasteiger partial charge on any atom is 0.338 e. The van der Waals surface area contributed by atoms with Crippen LogP contribution in [-0.2, 0) is 11.3 Å². The van der Waals surface area contributed by atoms with Crippen molar-refractivity contribution in [1.29, 1.82) is 0 Å². The van der Waals surface area contributed by atoms with Crippen molar-refractivity contribution < 1.29 is 19.0 Å². The number of carbonyl (C=O) groups is 1. The Morgan fingerprint density at radius 3 is 2.54 bits per heavy atom. The first-order chi connectivity index (χ1) is 11.4. The Bertz CT molecular complexity index is 698. The van der Waals surface area contributed by atoms with Gasteiger partial charge < -0.3 is 14.2 Å². The number of benzene rings is 1. The van der Waals surface area contributed by atoms with Crippen molar-refractivity contribution in [3.05, 3.63) is 41.6 Å². The largest absolute Gasteiger partial charge is 0.491 e. The molecule has 2 aromatic rings. The number of thiol groups is 1. The van der Waals surface area contributed by atoms with E-state index in [4.69, 9.17) is 14.2 Å². The molecule has 0 aliphatic carbocycles. The van der Waals surface area contributed by atoms with Crippen molar-refractivity contribution in [3.8, 4) is 11.6 Å². The summed E-state index contributed by atoms with van der Waals surface area (Å²) in [7, 11) is 0. The highest BCUT2D eigenvalue weighted by atomic mass is 32.1. The number of rotatable bonds is 7. The van der Waals surface area contributed by atoms with Gasteiger partial charge >= 0.3 is 5.97 Å². The molecule has 0 amide bonds. The molecule has 0 N–H and O–H groups in total. The zero-order valence-corrected chi connectivity index (χ0v) is 15.1. The summed E-state index contributed by atoms with van der Waals surface area (Å²) in [6, 6.07) is 6.96. The molecule has 6 nitrogen and oxygen atoms in total. The molecular formula is C17H22N2O4S. The first-order valence-electron chi connectivity index (χ1n) is 7.74. The molecule has 24 heavy (non-hydrogen) atoms. The molecule has 0 saturated heterocycles. The second-order valence-corrected chi connectivity index (χ2v) is 6.18. The quantitative estimate of drug-likeness (QED) is 0.612. The van der Waals surface area contributed by atoms with Crippen LogP contribution in [0.3, 0.4) is 0 Å². The van der Waals surface area contributed by atoms with Gasteiger partial charge in [-0.05, 0) is 52.6 Å². The predicted octanol–water partition coefficient (Wildman–Crippen LogP) is 3.51. The van der Waals surface area contributed by atoms with Crippen LogP contribution < -0.4 is 9.47 Å². The van der Waals surface area contributed by atoms with Gasteiger partial charge in [0.15, 0.2) is 0 Å². The van der Waals surface area contributed by atoms with Crippen molar-refractivity contribution >= 4 is 18.8 Å². The average molecular weight is 350 g/mol. The van der Waals surface area contributed by atoms with E-state index in [1.807, 2.05) is 33.8 Å². The summed E-state index contributed by atoms with van der Waals surface area (Å²) in [5.41, 5.74) is 1.05. The molecule has 7 heteroatoms. The zero-order valence-electron chi connectivity index (χ0n) is 14.2. The van der Waals surface area contributed by atoms with E-state index in [1.165, 1.54) is 4.09 Å². The summed E-state index contributed by atoms with van der Waals surface area (Å²) in [5.74, 6) is 0.596. The summed E-state index contributed by atoms with van der Waals surface area (Å²) in [6.45, 7) is 7.60. The molecule has 0 atom stereocenters. The minimum atomic E-state index is -0.405. The first-order valence-corrected chi connectivity index (χ1v) is 8.14. The summed E-state index contributed by atoms with van der Waals surface area (Å²) in [6.07, 6.45) is 1.42. The van der Waals surface area contributed by atoms with E-state index in [1.54, 1.807) is 24.4 Å². The standard InChI is InChI=1S/C17H22N2O4S/c1-11(2)22-15-7-5-6-13(17(20)23-12(3)4)14(15)10-21-16-8-9-19(24)18-16/h5-9,11-12,24H,10H2,1-4H3. The zero-order chi connectivity index (χ0) is 17.7. The van der Waals surface area contributed by atoms with Gasteiger partial charge in [0.1, 0.15) is 12.4 Å². The van der Waals surface area contributed by atoms with Gasteiger partial charge in [-0.1, -0.05) is 6.07 Å². The molecule has 0 bridgehead atoms. The summed E-state index contributed by atoms with van der Waals surface area (Å²) < 4.78 is 18.1. The Kier molecular flexibility index (Phi) is 6.14. The Hall–Kier alpha value is -2.15. The highest BCUT2D eigenvalue weighted by Crippen LogP contribution is 2.26. The molecule has 130 valence electrons. The van der Waals surface area contributed by atoms with E-state index in [-0.39, 0.29) is 18.8 Å². The Labute approximate surface area is 147 Å². The third-order valence-corrected chi connectivity index (χ3v) is 3.20. The monoisotopic (exact) mass is 350 g/mol. The fraction of sp³-hybridized carbons (Fsp3) is 0.412. The molecular weight excluding hydrogens is 328 g/mol. The second kappa shape index (κ2) is 8.10. The lowest BCUT2D eigenvalue weighted by Gasteiger charge is -2.18. The Morgan fingerprint density at radius 2 is 1.96 bits per heavy atom. The van der Waals surface area contributed by atoms with Gasteiger partial charge in [0.25, 0.3) is 0 Å². The number of carbonyl (C=O) groups excluding carboxylic acids is 1. The SMILES string of the molecule is CC(C)OC(=O)c1cccc(OC(C)C)c1COc1ccn(S)n1. The van der Waals surface area contributed by atoms with Crippen LogP contribution in [0.2, 0.25) is 0 Å². The lowest BCUT2D eigenvalue weighted by atomic mass is 10.1. The third kappa shape index (κ3) is 4.92. The summed E-state index contributed by atoms with van der Waals surface area (Å²) in [4.78, 5) is 12.4. The van der Waals surface area contributed by atoms with Gasteiger partial charge in [0, 0.05) is 17.8 Å². The molecule has 0 fully saturated rings. The molecule has 1 heterocycles. The molecule has 0 aliphatic rings. The number of hydrogen-bond donors (Lipinski definition) is 1. The Morgan fingerprint density at radius 1 is 1.21 bits per heavy atom. The lowest BCUT2D eigenvalue weighted by Crippen LogP contribution is -2.16. The molecule has 1 aromatic carbocycles. The number of aromatic nitrogens is 2. The van der Waals surface area contributed by atoms with Crippen molar-refractivity contribution in [2.45, 2.75) is 46.5 Å². The van der Waals surface area contributed by atoms with E-state index in [0.29, 0.717) is 22.8 Å². The molecule has 0 unspecified atom stereocenters. The maximum absolute atomic E-state index is 12.4. The minimum Gasteiger partial charge on any atom is -0.491 e. The fourth-order valence-electron chi connectivity index (χ4n) is 2.07. The molecule has 0 saturated carbocycles. The smallest absolute Gasteiger partial charge is 0.338 e. The number of nitrogens with zero attached hydrogens (tertiary/aromatic N) is 2. The van der Waals surface area contributed by atoms with Gasteiger partial charge in [-0.3, -0.25) is 0 Å². The number of hydrogen-bond acceptors (Lipinski definition) is 6. The minimum absolute atomic E-state index is 0.0308. The topological polar surface area (TPSA) is 62.6 Å². The van der Waals surface area contributed by atoms with Crippen molar-refractivity contribution in [2.24, 2.45) is 0 Å². The summed E-state index contributed by atoms with van der Waals surface area (Å²) >= 11 is 4.07. The van der Waals surface area contributed by atoms with Crippen LogP contribution in [0.25, 0.3) is 0 Å². The Balaban J connectivity index is 2.30. The van der Waals surface area contributed by atoms with Crippen LogP contribution >= 0.6 is 12.8 Å². The predicted molar refractivity (Wildman–Crippen MR) is 93.7 cm³/mol. The van der Waals surface area contributed by atoms with Crippen LogP contribution in [0.5, 0.6) is 11.6 Å². The molecule has 0 spiro atoms. The number of ether oxygens (including phenoxy) is 3. The fourth-order valence-corrected chi connectivity index (χ4v) is 2.22. The van der Waals surface area contributed by atoms with Crippen LogP contribution in [-0.4, -0.2) is 27.4 Å². The van der Waals surface area contributed by atoms with E-state index < -0.39 is 5.97 Å². The van der Waals surface area contributed by atoms with Crippen LogP contribution in [0.4, 0.5) is 0 Å². The average Bonchev–Trinajstić information content (AvgIpc) is 2.90. The second-order valence-electron chi connectivity index (χ2n) is 5.77. The van der Waals surface area contributed by atoms with Crippen LogP contribution in [0, 0.1) is 0 Å². The number of esters is 1. The lowest BCUT2D eigenvalue weighted by molar-refractivity contribution is 0.0373. The van der Waals surface area contributed by atoms with E-state index >= 15 is 0 Å². The van der Waals surface area contributed by atoms with Crippen molar-refractivity contribution in [1.82, 2.24) is 9.19 Å². The molecule has 0 aliphatic heterocycles. The van der Waals surface area contributed by atoms with E-state index in [0.717, 1.165) is 0 Å².